The highest BCUT2D eigenvalue weighted by Crippen LogP contribution is 2.23. The molecule has 2 aromatic heterocycles. The maximum Gasteiger partial charge on any atom is 0.168 e. The maximum atomic E-state index is 11.2. The molecule has 0 unspecified atom stereocenters. The molecule has 1 aliphatic heterocycles. The third-order valence-electron chi connectivity index (χ3n) is 3.38. The molecule has 0 atom stereocenters. The molecule has 0 bridgehead atoms. The zero-order valence-corrected chi connectivity index (χ0v) is 9.89. The van der Waals surface area contributed by atoms with Crippen molar-refractivity contribution in [2.75, 3.05) is 18.0 Å². The van der Waals surface area contributed by atoms with E-state index in [0.717, 1.165) is 36.5 Å². The second kappa shape index (κ2) is 3.87. The van der Waals surface area contributed by atoms with Crippen molar-refractivity contribution < 1.29 is 4.79 Å². The minimum Gasteiger partial charge on any atom is -0.358 e. The van der Waals surface area contributed by atoms with Crippen LogP contribution in [0.4, 0.5) is 5.82 Å². The van der Waals surface area contributed by atoms with E-state index in [9.17, 15) is 4.79 Å². The second-order valence-electron chi connectivity index (χ2n) is 4.47. The van der Waals surface area contributed by atoms with Gasteiger partial charge >= 0.3 is 0 Å². The third-order valence-corrected chi connectivity index (χ3v) is 3.38. The van der Waals surface area contributed by atoms with Crippen LogP contribution in [0.3, 0.4) is 0 Å². The first kappa shape index (κ1) is 10.3. The van der Waals surface area contributed by atoms with Gasteiger partial charge in [-0.1, -0.05) is 6.07 Å². The van der Waals surface area contributed by atoms with Gasteiger partial charge in [-0.15, -0.1) is 0 Å². The summed E-state index contributed by atoms with van der Waals surface area (Å²) in [7, 11) is 0. The molecule has 0 aliphatic carbocycles. The van der Waals surface area contributed by atoms with Crippen LogP contribution >= 0.6 is 0 Å². The van der Waals surface area contributed by atoms with Crippen LogP contribution in [0.15, 0.2) is 18.2 Å². The summed E-state index contributed by atoms with van der Waals surface area (Å²) in [4.78, 5) is 17.9. The van der Waals surface area contributed by atoms with Crippen molar-refractivity contribution in [3.63, 3.8) is 0 Å². The van der Waals surface area contributed by atoms with Gasteiger partial charge in [0.25, 0.3) is 0 Å². The van der Waals surface area contributed by atoms with Crippen molar-refractivity contribution in [1.29, 1.82) is 0 Å². The Bertz CT molecular complexity index is 567. The first-order valence-electron chi connectivity index (χ1n) is 5.99. The first-order valence-corrected chi connectivity index (χ1v) is 5.99. The highest BCUT2D eigenvalue weighted by molar-refractivity contribution is 5.78. The number of hydrogen-bond donors (Lipinski definition) is 0. The molecular formula is C13H15N3O. The fraction of sp³-hybridized carbons (Fsp3) is 0.385. The van der Waals surface area contributed by atoms with Crippen molar-refractivity contribution in [1.82, 2.24) is 9.38 Å². The molecule has 3 rings (SSSR count). The predicted octanol–water partition coefficient (Wildman–Crippen LogP) is 2.06. The summed E-state index contributed by atoms with van der Waals surface area (Å²) in [5.41, 5.74) is 2.32. The molecule has 0 spiro atoms. The van der Waals surface area contributed by atoms with Gasteiger partial charge in [-0.2, -0.15) is 0 Å². The monoisotopic (exact) mass is 229 g/mol. The Kier molecular flexibility index (Phi) is 2.35. The van der Waals surface area contributed by atoms with Crippen molar-refractivity contribution >= 4 is 17.8 Å². The minimum atomic E-state index is 0.669. The molecule has 2 aromatic rings. The van der Waals surface area contributed by atoms with Crippen LogP contribution in [0.25, 0.3) is 5.65 Å². The average molecular weight is 229 g/mol. The van der Waals surface area contributed by atoms with Gasteiger partial charge in [0.2, 0.25) is 0 Å². The summed E-state index contributed by atoms with van der Waals surface area (Å²) < 4.78 is 1.97. The zero-order valence-electron chi connectivity index (χ0n) is 9.89. The molecule has 3 heterocycles. The van der Waals surface area contributed by atoms with Gasteiger partial charge in [-0.25, -0.2) is 4.98 Å². The van der Waals surface area contributed by atoms with Gasteiger partial charge in [0.1, 0.15) is 17.2 Å². The maximum absolute atomic E-state index is 11.2. The van der Waals surface area contributed by atoms with E-state index in [-0.39, 0.29) is 0 Å². The minimum absolute atomic E-state index is 0.669. The number of rotatable bonds is 2. The molecule has 0 N–H and O–H groups in total. The number of anilines is 1. The topological polar surface area (TPSA) is 37.6 Å². The second-order valence-corrected chi connectivity index (χ2v) is 4.47. The lowest BCUT2D eigenvalue weighted by Gasteiger charge is -2.19. The number of nitrogens with zero attached hydrogens (tertiary/aromatic N) is 3. The van der Waals surface area contributed by atoms with E-state index in [4.69, 9.17) is 0 Å². The Balaban J connectivity index is 2.26. The normalized spacial score (nSPS) is 15.7. The molecule has 4 nitrogen and oxygen atoms in total. The molecule has 1 fully saturated rings. The van der Waals surface area contributed by atoms with E-state index < -0.39 is 0 Å². The fourth-order valence-corrected chi connectivity index (χ4v) is 2.54. The van der Waals surface area contributed by atoms with Crippen molar-refractivity contribution in [2.45, 2.75) is 19.8 Å². The highest BCUT2D eigenvalue weighted by atomic mass is 16.1. The summed E-state index contributed by atoms with van der Waals surface area (Å²) in [6, 6.07) is 6.01. The Morgan fingerprint density at radius 2 is 2.06 bits per heavy atom. The number of aryl methyl sites for hydroxylation is 1. The smallest absolute Gasteiger partial charge is 0.168 e. The Morgan fingerprint density at radius 1 is 1.29 bits per heavy atom. The summed E-state index contributed by atoms with van der Waals surface area (Å²) >= 11 is 0. The van der Waals surface area contributed by atoms with Crippen molar-refractivity contribution in [3.05, 3.63) is 29.6 Å². The van der Waals surface area contributed by atoms with Crippen LogP contribution in [0.5, 0.6) is 0 Å². The van der Waals surface area contributed by atoms with E-state index in [0.29, 0.717) is 5.69 Å². The zero-order chi connectivity index (χ0) is 11.8. The summed E-state index contributed by atoms with van der Waals surface area (Å²) in [5, 5.41) is 0. The SMILES string of the molecule is Cc1nc2cccc(N3CCCC3)n2c1C=O. The number of aldehydes is 1. The van der Waals surface area contributed by atoms with Crippen molar-refractivity contribution in [2.24, 2.45) is 0 Å². The third kappa shape index (κ3) is 1.52. The van der Waals surface area contributed by atoms with Crippen LogP contribution in [-0.4, -0.2) is 28.8 Å². The van der Waals surface area contributed by atoms with Crippen LogP contribution in [0.1, 0.15) is 29.0 Å². The number of carbonyl (C=O) groups excluding carboxylic acids is 1. The number of pyridine rings is 1. The number of hydrogen-bond acceptors (Lipinski definition) is 3. The van der Waals surface area contributed by atoms with E-state index in [1.165, 1.54) is 12.8 Å². The molecule has 4 heteroatoms. The summed E-state index contributed by atoms with van der Waals surface area (Å²) in [5.74, 6) is 1.09. The van der Waals surface area contributed by atoms with Crippen LogP contribution in [0, 0.1) is 6.92 Å². The molecule has 0 saturated carbocycles. The Hall–Kier alpha value is -1.84. The summed E-state index contributed by atoms with van der Waals surface area (Å²) in [6.45, 7) is 4.01. The van der Waals surface area contributed by atoms with E-state index in [2.05, 4.69) is 16.0 Å². The summed E-state index contributed by atoms with van der Waals surface area (Å²) in [6.07, 6.45) is 3.34. The van der Waals surface area contributed by atoms with Crippen LogP contribution < -0.4 is 4.90 Å². The number of imidazole rings is 1. The van der Waals surface area contributed by atoms with E-state index in [1.54, 1.807) is 0 Å². The Labute approximate surface area is 99.9 Å². The van der Waals surface area contributed by atoms with E-state index in [1.807, 2.05) is 23.5 Å². The lowest BCUT2D eigenvalue weighted by molar-refractivity contribution is 0.111. The molecule has 17 heavy (non-hydrogen) atoms. The number of aromatic nitrogens is 2. The molecule has 0 amide bonds. The predicted molar refractivity (Wildman–Crippen MR) is 66.8 cm³/mol. The van der Waals surface area contributed by atoms with Gasteiger partial charge in [0.05, 0.1) is 5.69 Å². The molecule has 0 radical (unpaired) electrons. The standard InChI is InChI=1S/C13H15N3O/c1-10-11(9-17)16-12(14-10)5-4-6-13(16)15-7-2-3-8-15/h4-6,9H,2-3,7-8H2,1H3. The molecule has 1 aliphatic rings. The van der Waals surface area contributed by atoms with Gasteiger partial charge in [-0.3, -0.25) is 9.20 Å². The van der Waals surface area contributed by atoms with Gasteiger partial charge in [0.15, 0.2) is 6.29 Å². The van der Waals surface area contributed by atoms with E-state index >= 15 is 0 Å². The van der Waals surface area contributed by atoms with Crippen LogP contribution in [0.2, 0.25) is 0 Å². The van der Waals surface area contributed by atoms with Crippen LogP contribution in [-0.2, 0) is 0 Å². The lowest BCUT2D eigenvalue weighted by atomic mass is 10.3. The van der Waals surface area contributed by atoms with Crippen molar-refractivity contribution in [3.8, 4) is 0 Å². The fourth-order valence-electron chi connectivity index (χ4n) is 2.54. The quantitative estimate of drug-likeness (QED) is 0.740. The molecule has 1 saturated heterocycles. The number of fused-ring (bicyclic) bond motifs is 1. The first-order chi connectivity index (χ1) is 8.31. The molecule has 88 valence electrons. The van der Waals surface area contributed by atoms with Gasteiger partial charge in [0, 0.05) is 13.1 Å². The highest BCUT2D eigenvalue weighted by Gasteiger charge is 2.18. The average Bonchev–Trinajstić information content (AvgIpc) is 2.93. The van der Waals surface area contributed by atoms with Gasteiger partial charge < -0.3 is 4.90 Å². The van der Waals surface area contributed by atoms with Gasteiger partial charge in [-0.05, 0) is 31.9 Å². The largest absolute Gasteiger partial charge is 0.358 e. The number of carbonyl (C=O) groups is 1. The lowest BCUT2D eigenvalue weighted by Crippen LogP contribution is -2.21. The molecule has 0 aromatic carbocycles. The Morgan fingerprint density at radius 3 is 2.76 bits per heavy atom. The molecular weight excluding hydrogens is 214 g/mol.